The van der Waals surface area contributed by atoms with Crippen LogP contribution < -0.4 is 4.74 Å². The van der Waals surface area contributed by atoms with Crippen molar-refractivity contribution >= 4 is 55.1 Å². The summed E-state index contributed by atoms with van der Waals surface area (Å²) in [5.41, 5.74) is 10.7. The van der Waals surface area contributed by atoms with Gasteiger partial charge in [-0.3, -0.25) is 0 Å². The number of alkyl halides is 4. The lowest BCUT2D eigenvalue weighted by molar-refractivity contribution is 0.520. The maximum atomic E-state index is 5.98. The van der Waals surface area contributed by atoms with Gasteiger partial charge in [0.05, 0.1) is 0 Å². The Morgan fingerprint density at radius 3 is 1.75 bits per heavy atom. The average Bonchev–Trinajstić information content (AvgIpc) is 3.08. The van der Waals surface area contributed by atoms with Crippen molar-refractivity contribution in [3.8, 4) is 87.9 Å². The van der Waals surface area contributed by atoms with Crippen LogP contribution in [0.1, 0.15) is 27.8 Å². The zero-order valence-electron chi connectivity index (χ0n) is 23.9. The quantitative estimate of drug-likeness (QED) is 0.135. The predicted octanol–water partition coefficient (Wildman–Crippen LogP) is 10.3. The van der Waals surface area contributed by atoms with Crippen molar-refractivity contribution in [2.24, 2.45) is 0 Å². The highest BCUT2D eigenvalue weighted by atomic mass is 79.9. The molecule has 0 aliphatic rings. The van der Waals surface area contributed by atoms with Crippen LogP contribution in [-0.4, -0.2) is 0 Å². The molecule has 0 saturated carbocycles. The Kier molecular flexibility index (Phi) is 15.2. The fourth-order valence-corrected chi connectivity index (χ4v) is 5.16. The lowest BCUT2D eigenvalue weighted by atomic mass is 9.98. The van der Waals surface area contributed by atoms with Gasteiger partial charge in [-0.2, -0.15) is 0 Å². The van der Waals surface area contributed by atoms with Crippen LogP contribution in [0.5, 0.6) is 5.75 Å². The largest absolute Gasteiger partial charge is 0.407 e. The summed E-state index contributed by atoms with van der Waals surface area (Å²) in [6, 6.07) is 28.9. The SMILES string of the molecule is C#CC#CC#CC#CC#COc1ccc(-c2cc(CBr)ccc2CBr)cc1.Cc1ccc(-c2cc(CCl)ccc2CCl)cc1. The molecule has 4 aromatic rings. The number of hydrogen-bond donors (Lipinski definition) is 0. The van der Waals surface area contributed by atoms with Gasteiger partial charge in [0.25, 0.3) is 0 Å². The third kappa shape index (κ3) is 10.9. The third-order valence-corrected chi connectivity index (χ3v) is 7.99. The Morgan fingerprint density at radius 1 is 0.614 bits per heavy atom. The molecule has 5 heteroatoms. The number of ether oxygens (including phenoxy) is 1. The zero-order valence-corrected chi connectivity index (χ0v) is 28.6. The third-order valence-electron chi connectivity index (χ3n) is 6.14. The van der Waals surface area contributed by atoms with Gasteiger partial charge in [-0.05, 0) is 93.3 Å². The van der Waals surface area contributed by atoms with Gasteiger partial charge in [0.1, 0.15) is 11.9 Å². The van der Waals surface area contributed by atoms with E-state index in [4.69, 9.17) is 34.4 Å². The number of benzene rings is 4. The predicted molar refractivity (Wildman–Crippen MR) is 193 cm³/mol. The van der Waals surface area contributed by atoms with Gasteiger partial charge in [-0.1, -0.05) is 104 Å². The van der Waals surface area contributed by atoms with Crippen LogP contribution in [-0.2, 0) is 22.4 Å². The van der Waals surface area contributed by atoms with Gasteiger partial charge < -0.3 is 4.74 Å². The summed E-state index contributed by atoms with van der Waals surface area (Å²) in [7, 11) is 0. The minimum absolute atomic E-state index is 0.520. The first kappa shape index (κ1) is 34.5. The summed E-state index contributed by atoms with van der Waals surface area (Å²) in [4.78, 5) is 0. The van der Waals surface area contributed by atoms with Gasteiger partial charge in [0.15, 0.2) is 0 Å². The first-order valence-electron chi connectivity index (χ1n) is 13.3. The summed E-state index contributed by atoms with van der Waals surface area (Å²) in [6.07, 6.45) is 7.49. The standard InChI is InChI=1S/C24H12Br2O.C15H14Cl2/c1-2-3-4-5-6-7-8-9-16-27-23-14-12-21(13-15-23)24-17-20(18-25)10-11-22(24)19-26;1-11-2-5-13(6-3-11)15-8-12(9-16)4-7-14(15)10-17/h1,10-15,17H,18-19H2;2-8H,9-10H2,1H3. The van der Waals surface area contributed by atoms with Gasteiger partial charge in [0, 0.05) is 46.1 Å². The molecule has 4 aromatic carbocycles. The van der Waals surface area contributed by atoms with E-state index >= 15 is 0 Å². The minimum Gasteiger partial charge on any atom is -0.407 e. The number of halogens is 4. The first-order valence-corrected chi connectivity index (χ1v) is 16.6. The molecule has 0 unspecified atom stereocenters. The van der Waals surface area contributed by atoms with Crippen LogP contribution in [0.4, 0.5) is 0 Å². The van der Waals surface area contributed by atoms with E-state index in [9.17, 15) is 0 Å². The van der Waals surface area contributed by atoms with E-state index in [1.165, 1.54) is 33.4 Å². The second kappa shape index (κ2) is 19.3. The topological polar surface area (TPSA) is 9.23 Å². The van der Waals surface area contributed by atoms with E-state index in [-0.39, 0.29) is 0 Å². The van der Waals surface area contributed by atoms with Crippen molar-refractivity contribution in [2.75, 3.05) is 0 Å². The van der Waals surface area contributed by atoms with E-state index in [2.05, 4.69) is 147 Å². The Labute approximate surface area is 288 Å². The lowest BCUT2D eigenvalue weighted by Crippen LogP contribution is -1.89. The van der Waals surface area contributed by atoms with Crippen LogP contribution in [0.15, 0.2) is 84.9 Å². The molecular formula is C39H26Br2Cl2O. The van der Waals surface area contributed by atoms with E-state index < -0.39 is 0 Å². The fourth-order valence-electron chi connectivity index (χ4n) is 3.92. The Hall–Kier alpha value is -3.98. The zero-order chi connectivity index (χ0) is 31.6. The number of hydrogen-bond acceptors (Lipinski definition) is 1. The summed E-state index contributed by atoms with van der Waals surface area (Å²) >= 11 is 18.9. The van der Waals surface area contributed by atoms with Crippen LogP contribution >= 0.6 is 55.1 Å². The minimum atomic E-state index is 0.520. The van der Waals surface area contributed by atoms with Gasteiger partial charge in [-0.15, -0.1) is 29.6 Å². The van der Waals surface area contributed by atoms with E-state index in [0.29, 0.717) is 17.5 Å². The van der Waals surface area contributed by atoms with Gasteiger partial charge in [-0.25, -0.2) is 0 Å². The Balaban J connectivity index is 0.000000266. The van der Waals surface area contributed by atoms with Gasteiger partial charge in [0.2, 0.25) is 0 Å². The average molecular weight is 741 g/mol. The first-order chi connectivity index (χ1) is 21.5. The van der Waals surface area contributed by atoms with Crippen LogP contribution in [0.25, 0.3) is 22.3 Å². The molecule has 0 fully saturated rings. The molecule has 0 aliphatic heterocycles. The smallest absolute Gasteiger partial charge is 0.140 e. The molecule has 0 radical (unpaired) electrons. The van der Waals surface area contributed by atoms with Crippen LogP contribution in [0.3, 0.4) is 0 Å². The van der Waals surface area contributed by atoms with E-state index in [1.54, 1.807) is 0 Å². The van der Waals surface area contributed by atoms with Crippen molar-refractivity contribution in [3.05, 3.63) is 113 Å². The second-order valence-corrected chi connectivity index (χ2v) is 10.8. The molecule has 0 heterocycles. The molecule has 1 nitrogen and oxygen atoms in total. The molecule has 44 heavy (non-hydrogen) atoms. The summed E-state index contributed by atoms with van der Waals surface area (Å²) in [6.45, 7) is 2.08. The molecule has 0 atom stereocenters. The molecule has 0 amide bonds. The van der Waals surface area contributed by atoms with Crippen molar-refractivity contribution in [3.63, 3.8) is 0 Å². The van der Waals surface area contributed by atoms with Crippen molar-refractivity contribution in [1.29, 1.82) is 0 Å². The highest BCUT2D eigenvalue weighted by molar-refractivity contribution is 9.08. The van der Waals surface area contributed by atoms with Crippen molar-refractivity contribution in [1.82, 2.24) is 0 Å². The van der Waals surface area contributed by atoms with Crippen molar-refractivity contribution < 1.29 is 4.74 Å². The van der Waals surface area contributed by atoms with Crippen LogP contribution in [0, 0.1) is 66.8 Å². The molecule has 4 rings (SSSR count). The van der Waals surface area contributed by atoms with E-state index in [0.717, 1.165) is 27.4 Å². The summed E-state index contributed by atoms with van der Waals surface area (Å²) in [5, 5.41) is 1.62. The number of rotatable bonds is 7. The fraction of sp³-hybridized carbons (Fsp3) is 0.128. The number of aryl methyl sites for hydroxylation is 1. The van der Waals surface area contributed by atoms with Crippen molar-refractivity contribution in [2.45, 2.75) is 29.3 Å². The molecule has 0 saturated heterocycles. The highest BCUT2D eigenvalue weighted by Crippen LogP contribution is 2.29. The monoisotopic (exact) mass is 738 g/mol. The van der Waals surface area contributed by atoms with Crippen LogP contribution in [0.2, 0.25) is 0 Å². The molecule has 0 aromatic heterocycles. The molecule has 0 spiro atoms. The molecular weight excluding hydrogens is 715 g/mol. The Morgan fingerprint density at radius 2 is 1.16 bits per heavy atom. The normalized spacial score (nSPS) is 9.09. The lowest BCUT2D eigenvalue weighted by Gasteiger charge is -2.10. The van der Waals surface area contributed by atoms with E-state index in [1.807, 2.05) is 30.3 Å². The Bertz CT molecular complexity index is 1860. The summed E-state index contributed by atoms with van der Waals surface area (Å²) in [5.74, 6) is 21.4. The van der Waals surface area contributed by atoms with Gasteiger partial charge >= 0.3 is 0 Å². The summed E-state index contributed by atoms with van der Waals surface area (Å²) < 4.78 is 5.36. The molecule has 0 aliphatic carbocycles. The second-order valence-electron chi connectivity index (χ2n) is 9.13. The molecule has 0 bridgehead atoms. The maximum Gasteiger partial charge on any atom is 0.140 e. The molecule has 0 N–H and O–H groups in total. The maximum absolute atomic E-state index is 5.98. The number of terminal acetylenes is 1. The highest BCUT2D eigenvalue weighted by Gasteiger charge is 2.07. The molecule has 216 valence electrons.